The number of hydrogen-bond donors (Lipinski definition) is 0. The number of anilines is 1. The van der Waals surface area contributed by atoms with Crippen LogP contribution in [0.4, 0.5) is 23.4 Å². The van der Waals surface area contributed by atoms with Gasteiger partial charge >= 0.3 is 6.01 Å². The van der Waals surface area contributed by atoms with Crippen molar-refractivity contribution in [2.45, 2.75) is 62.4 Å². The van der Waals surface area contributed by atoms with Crippen molar-refractivity contribution in [2.75, 3.05) is 38.1 Å². The van der Waals surface area contributed by atoms with Gasteiger partial charge in [0.25, 0.3) is 0 Å². The van der Waals surface area contributed by atoms with Gasteiger partial charge in [-0.25, -0.2) is 17.6 Å². The Labute approximate surface area is 259 Å². The van der Waals surface area contributed by atoms with Crippen molar-refractivity contribution in [3.63, 3.8) is 0 Å². The smallest absolute Gasteiger partial charge is 0.319 e. The predicted molar refractivity (Wildman–Crippen MR) is 159 cm³/mol. The van der Waals surface area contributed by atoms with Crippen LogP contribution in [0.1, 0.15) is 45.4 Å². The van der Waals surface area contributed by atoms with E-state index in [2.05, 4.69) is 15.0 Å². The number of methoxy groups -OCH3 is 1. The monoisotopic (exact) mass is 612 g/mol. The summed E-state index contributed by atoms with van der Waals surface area (Å²) >= 11 is 0. The minimum absolute atomic E-state index is 0.0230. The molecule has 0 radical (unpaired) electrons. The van der Waals surface area contributed by atoms with Crippen molar-refractivity contribution in [1.82, 2.24) is 19.9 Å². The predicted octanol–water partition coefficient (Wildman–Crippen LogP) is 6.41. The Balaban J connectivity index is 1.31. The van der Waals surface area contributed by atoms with Gasteiger partial charge in [0.1, 0.15) is 35.9 Å². The molecule has 0 N–H and O–H groups in total. The zero-order chi connectivity index (χ0) is 34.5. The summed E-state index contributed by atoms with van der Waals surface area (Å²) in [6, 6.07) is 6.06. The average Bonchev–Trinajstić information content (AvgIpc) is 3.40. The maximum absolute atomic E-state index is 16.9. The van der Waals surface area contributed by atoms with Crippen LogP contribution in [-0.2, 0) is 0 Å². The summed E-state index contributed by atoms with van der Waals surface area (Å²) in [6.07, 6.45) is 2.08. The number of hydrogen-bond acceptors (Lipinski definition) is 7. The van der Waals surface area contributed by atoms with E-state index in [0.29, 0.717) is 37.7 Å². The van der Waals surface area contributed by atoms with E-state index < -0.39 is 60.9 Å². The van der Waals surface area contributed by atoms with Crippen LogP contribution >= 0.6 is 0 Å². The van der Waals surface area contributed by atoms with Gasteiger partial charge in [0.15, 0.2) is 17.4 Å². The topological polar surface area (TPSA) is 63.6 Å². The number of aromatic nitrogens is 3. The van der Waals surface area contributed by atoms with Crippen molar-refractivity contribution >= 4 is 27.5 Å². The molecular formula is C33H33F4N5O2. The summed E-state index contributed by atoms with van der Waals surface area (Å²) in [7, 11) is -3.01. The third-order valence-corrected chi connectivity index (χ3v) is 9.74. The first-order valence-corrected chi connectivity index (χ1v) is 15.0. The standard InChI is InChI=1S/C33H33F4N5O2/c1-43-30-23(35)10-9-18-6-4-8-20(24(18)30)27-26(37)28-22(15-38-27)31(42-13-3-2-7-21-25(36)29(21)42)40-32(39-28)44-17-33-11-5-12-41(33)16-19(34)14-33/h4,6,8-10,15,19,21,25,29H,2-3,5,7,11-14,16-17H2,1H3/t19-,21+,25+,29+,33+/m1/s1/i1D3,17D2. The van der Waals surface area contributed by atoms with Crippen LogP contribution in [0.3, 0.4) is 0 Å². The minimum atomic E-state index is -3.01. The summed E-state index contributed by atoms with van der Waals surface area (Å²) in [5.41, 5.74) is -1.86. The van der Waals surface area contributed by atoms with Crippen LogP contribution < -0.4 is 14.4 Å². The molecule has 0 amide bonds. The lowest BCUT2D eigenvalue weighted by molar-refractivity contribution is 0.107. The molecule has 8 rings (SSSR count). The van der Waals surface area contributed by atoms with Gasteiger partial charge in [-0.2, -0.15) is 9.97 Å². The summed E-state index contributed by atoms with van der Waals surface area (Å²) in [5, 5.41) is 0.466. The second-order valence-corrected chi connectivity index (χ2v) is 12.3. The number of nitrogens with zero attached hydrogens (tertiary/aromatic N) is 5. The lowest BCUT2D eigenvalue weighted by atomic mass is 9.95. The minimum Gasteiger partial charge on any atom is -0.493 e. The van der Waals surface area contributed by atoms with Gasteiger partial charge in [0.05, 0.1) is 30.9 Å². The van der Waals surface area contributed by atoms with E-state index in [1.807, 2.05) is 0 Å². The second kappa shape index (κ2) is 10.4. The van der Waals surface area contributed by atoms with Gasteiger partial charge in [-0.1, -0.05) is 30.7 Å². The molecule has 4 fully saturated rings. The molecule has 0 spiro atoms. The Hall–Kier alpha value is -3.73. The third-order valence-electron chi connectivity index (χ3n) is 9.74. The number of alkyl halides is 2. The summed E-state index contributed by atoms with van der Waals surface area (Å²) in [6.45, 7) is -1.49. The van der Waals surface area contributed by atoms with Crippen molar-refractivity contribution in [3.05, 3.63) is 48.2 Å². The molecule has 2 aromatic carbocycles. The first-order chi connectivity index (χ1) is 23.3. The Morgan fingerprint density at radius 1 is 1.11 bits per heavy atom. The van der Waals surface area contributed by atoms with Crippen LogP contribution in [-0.4, -0.2) is 77.0 Å². The van der Waals surface area contributed by atoms with Crippen LogP contribution in [0.25, 0.3) is 32.9 Å². The van der Waals surface area contributed by atoms with Gasteiger partial charge in [-0.15, -0.1) is 0 Å². The SMILES string of the molecule is [2H]C([2H])([2H])Oc1c(F)ccc2cccc(-c3ncc4c(N5CCCC[C@H]6[C@H](F)[C@H]65)nc(OC([2H])([2H])[C@@]56CCCN5C[C@H](F)C6)nc4c3F)c12. The fraction of sp³-hybridized carbons (Fsp3) is 0.485. The summed E-state index contributed by atoms with van der Waals surface area (Å²) in [5.74, 6) is -2.65. The highest BCUT2D eigenvalue weighted by Gasteiger charge is 2.55. The average molecular weight is 613 g/mol. The van der Waals surface area contributed by atoms with Gasteiger partial charge in [0.2, 0.25) is 0 Å². The highest BCUT2D eigenvalue weighted by molar-refractivity contribution is 6.02. The molecule has 5 heterocycles. The Kier molecular flexibility index (Phi) is 5.39. The molecule has 1 saturated carbocycles. The zero-order valence-corrected chi connectivity index (χ0v) is 23.7. The normalized spacial score (nSPS) is 30.5. The van der Waals surface area contributed by atoms with E-state index in [0.717, 1.165) is 18.9 Å². The first kappa shape index (κ1) is 22.7. The van der Waals surface area contributed by atoms with Crippen LogP contribution in [0.15, 0.2) is 36.5 Å². The van der Waals surface area contributed by atoms with Gasteiger partial charge in [-0.3, -0.25) is 9.88 Å². The van der Waals surface area contributed by atoms with Crippen molar-refractivity contribution in [1.29, 1.82) is 0 Å². The molecule has 2 aromatic heterocycles. The van der Waals surface area contributed by atoms with Gasteiger partial charge < -0.3 is 14.4 Å². The quantitative estimate of drug-likeness (QED) is 0.233. The van der Waals surface area contributed by atoms with E-state index in [1.54, 1.807) is 21.9 Å². The molecule has 44 heavy (non-hydrogen) atoms. The van der Waals surface area contributed by atoms with Crippen molar-refractivity contribution < 1.29 is 33.9 Å². The molecule has 230 valence electrons. The van der Waals surface area contributed by atoms with E-state index >= 15 is 13.2 Å². The van der Waals surface area contributed by atoms with Crippen molar-refractivity contribution in [3.8, 4) is 23.0 Å². The second-order valence-electron chi connectivity index (χ2n) is 12.3. The van der Waals surface area contributed by atoms with Crippen LogP contribution in [0.5, 0.6) is 11.8 Å². The molecule has 0 bridgehead atoms. The van der Waals surface area contributed by atoms with E-state index in [9.17, 15) is 4.39 Å². The molecule has 4 aliphatic rings. The molecule has 4 aromatic rings. The number of fused-ring (bicyclic) bond motifs is 4. The fourth-order valence-electron chi connectivity index (χ4n) is 7.60. The van der Waals surface area contributed by atoms with Crippen molar-refractivity contribution in [2.24, 2.45) is 5.92 Å². The van der Waals surface area contributed by atoms with Crippen LogP contribution in [0, 0.1) is 17.6 Å². The zero-order valence-electron chi connectivity index (χ0n) is 28.7. The van der Waals surface area contributed by atoms with E-state index in [-0.39, 0.29) is 52.2 Å². The lowest BCUT2D eigenvalue weighted by Gasteiger charge is -2.31. The molecule has 3 aliphatic heterocycles. The molecule has 5 atom stereocenters. The molecule has 7 nitrogen and oxygen atoms in total. The maximum atomic E-state index is 16.9. The van der Waals surface area contributed by atoms with E-state index in [4.69, 9.17) is 16.3 Å². The molecule has 11 heteroatoms. The number of halogens is 4. The highest BCUT2D eigenvalue weighted by Crippen LogP contribution is 2.48. The van der Waals surface area contributed by atoms with Gasteiger partial charge in [0, 0.05) is 42.6 Å². The molecule has 0 unspecified atom stereocenters. The largest absolute Gasteiger partial charge is 0.493 e. The molecule has 1 aliphatic carbocycles. The summed E-state index contributed by atoms with van der Waals surface area (Å²) in [4.78, 5) is 16.8. The van der Waals surface area contributed by atoms with Crippen LogP contribution in [0.2, 0.25) is 0 Å². The molecular weight excluding hydrogens is 574 g/mol. The maximum Gasteiger partial charge on any atom is 0.319 e. The Morgan fingerprint density at radius 3 is 2.91 bits per heavy atom. The van der Waals surface area contributed by atoms with E-state index in [1.165, 1.54) is 18.3 Å². The third kappa shape index (κ3) is 4.29. The fourth-order valence-corrected chi connectivity index (χ4v) is 7.60. The summed E-state index contributed by atoms with van der Waals surface area (Å²) < 4.78 is 114. The Bertz CT molecular complexity index is 1970. The number of ether oxygens (including phenoxy) is 2. The Morgan fingerprint density at radius 2 is 2.02 bits per heavy atom. The first-order valence-electron chi connectivity index (χ1n) is 17.5. The molecule has 3 saturated heterocycles. The number of benzene rings is 2. The number of pyridine rings is 1. The number of rotatable bonds is 6. The highest BCUT2D eigenvalue weighted by atomic mass is 19.1. The lowest BCUT2D eigenvalue weighted by Crippen LogP contribution is -2.43. The van der Waals surface area contributed by atoms with Gasteiger partial charge in [-0.05, 0) is 43.7 Å².